The van der Waals surface area contributed by atoms with Crippen LogP contribution in [0.4, 0.5) is 4.39 Å². The van der Waals surface area contributed by atoms with Gasteiger partial charge in [0, 0.05) is 20.1 Å². The lowest BCUT2D eigenvalue weighted by molar-refractivity contribution is 0.644. The van der Waals surface area contributed by atoms with Crippen molar-refractivity contribution in [3.63, 3.8) is 0 Å². The van der Waals surface area contributed by atoms with Crippen LogP contribution in [0, 0.1) is 5.82 Å². The van der Waals surface area contributed by atoms with E-state index in [1.807, 2.05) is 18.4 Å². The average Bonchev–Trinajstić information content (AvgIpc) is 2.48. The molecule has 2 rings (SSSR count). The van der Waals surface area contributed by atoms with E-state index in [-0.39, 0.29) is 5.82 Å². The van der Waals surface area contributed by atoms with Gasteiger partial charge in [-0.1, -0.05) is 0 Å². The summed E-state index contributed by atoms with van der Waals surface area (Å²) in [6.07, 6.45) is 1.98. The van der Waals surface area contributed by atoms with Crippen LogP contribution in [0.25, 0.3) is 10.1 Å². The minimum atomic E-state index is -0.128. The van der Waals surface area contributed by atoms with Gasteiger partial charge >= 0.3 is 0 Å². The minimum Gasteiger partial charge on any atom is -0.205 e. The van der Waals surface area contributed by atoms with Crippen LogP contribution in [0.3, 0.4) is 0 Å². The van der Waals surface area contributed by atoms with E-state index in [1.54, 1.807) is 17.1 Å². The van der Waals surface area contributed by atoms with E-state index in [0.717, 1.165) is 14.1 Å². The first-order chi connectivity index (χ1) is 6.22. The van der Waals surface area contributed by atoms with Gasteiger partial charge in [0.05, 0.1) is 4.70 Å². The summed E-state index contributed by atoms with van der Waals surface area (Å²) in [6, 6.07) is 3.90. The first-order valence-corrected chi connectivity index (χ1v) is 6.52. The summed E-state index contributed by atoms with van der Waals surface area (Å²) < 4.78 is 15.2. The highest BCUT2D eigenvalue weighted by Crippen LogP contribution is 2.35. The number of hydrogen-bond acceptors (Lipinski definition) is 2. The van der Waals surface area contributed by atoms with Crippen LogP contribution in [-0.2, 0) is 0 Å². The fourth-order valence-corrected chi connectivity index (χ4v) is 3.32. The lowest BCUT2D eigenvalue weighted by Gasteiger charge is -1.98. The van der Waals surface area contributed by atoms with Gasteiger partial charge in [0.2, 0.25) is 0 Å². The van der Waals surface area contributed by atoms with E-state index in [0.29, 0.717) is 5.39 Å². The maximum Gasteiger partial charge on any atom is 0.141 e. The van der Waals surface area contributed by atoms with Gasteiger partial charge in [-0.15, -0.1) is 23.1 Å². The molecule has 0 nitrogen and oxygen atoms in total. The SMILES string of the molecule is CSc1cc(Br)c2scc(F)c2c1. The van der Waals surface area contributed by atoms with Crippen LogP contribution >= 0.6 is 39.0 Å². The van der Waals surface area contributed by atoms with E-state index in [9.17, 15) is 4.39 Å². The van der Waals surface area contributed by atoms with E-state index in [4.69, 9.17) is 0 Å². The zero-order valence-electron chi connectivity index (χ0n) is 6.80. The van der Waals surface area contributed by atoms with Crippen molar-refractivity contribution in [3.05, 3.63) is 27.8 Å². The number of benzene rings is 1. The topological polar surface area (TPSA) is 0 Å². The van der Waals surface area contributed by atoms with Crippen molar-refractivity contribution in [3.8, 4) is 0 Å². The second kappa shape index (κ2) is 3.59. The molecule has 0 atom stereocenters. The Morgan fingerprint density at radius 1 is 1.46 bits per heavy atom. The number of rotatable bonds is 1. The van der Waals surface area contributed by atoms with Gasteiger partial charge in [-0.2, -0.15) is 0 Å². The second-order valence-corrected chi connectivity index (χ2v) is 5.18. The van der Waals surface area contributed by atoms with Crippen molar-refractivity contribution < 1.29 is 4.39 Å². The molecule has 0 unspecified atom stereocenters. The molecule has 0 aliphatic rings. The van der Waals surface area contributed by atoms with Crippen LogP contribution in [0.5, 0.6) is 0 Å². The predicted octanol–water partition coefficient (Wildman–Crippen LogP) is 4.52. The third-order valence-corrected chi connectivity index (χ3v) is 4.39. The van der Waals surface area contributed by atoms with Crippen LogP contribution in [0.1, 0.15) is 0 Å². The van der Waals surface area contributed by atoms with Crippen LogP contribution in [-0.4, -0.2) is 6.26 Å². The maximum absolute atomic E-state index is 13.2. The van der Waals surface area contributed by atoms with Crippen molar-refractivity contribution in [1.82, 2.24) is 0 Å². The van der Waals surface area contributed by atoms with Gasteiger partial charge in [-0.05, 0) is 34.3 Å². The molecule has 0 saturated carbocycles. The Kier molecular flexibility index (Phi) is 2.62. The molecular weight excluding hydrogens is 271 g/mol. The summed E-state index contributed by atoms with van der Waals surface area (Å²) in [5.74, 6) is -0.128. The van der Waals surface area contributed by atoms with E-state index >= 15 is 0 Å². The van der Waals surface area contributed by atoms with Crippen molar-refractivity contribution in [2.75, 3.05) is 6.26 Å². The van der Waals surface area contributed by atoms with E-state index < -0.39 is 0 Å². The molecule has 1 heterocycles. The number of thioether (sulfide) groups is 1. The first kappa shape index (κ1) is 9.49. The van der Waals surface area contributed by atoms with Gasteiger partial charge < -0.3 is 0 Å². The Labute approximate surface area is 92.3 Å². The fourth-order valence-electron chi connectivity index (χ4n) is 1.16. The minimum absolute atomic E-state index is 0.128. The number of hydrogen-bond donors (Lipinski definition) is 0. The molecule has 0 fully saturated rings. The summed E-state index contributed by atoms with van der Waals surface area (Å²) in [5.41, 5.74) is 0. The third-order valence-electron chi connectivity index (χ3n) is 1.79. The van der Waals surface area contributed by atoms with Crippen molar-refractivity contribution in [2.24, 2.45) is 0 Å². The van der Waals surface area contributed by atoms with E-state index in [1.165, 1.54) is 11.3 Å². The smallest absolute Gasteiger partial charge is 0.141 e. The Morgan fingerprint density at radius 3 is 2.92 bits per heavy atom. The predicted molar refractivity (Wildman–Crippen MR) is 61.3 cm³/mol. The molecule has 0 amide bonds. The average molecular weight is 277 g/mol. The molecule has 2 aromatic rings. The molecular formula is C9H6BrFS2. The molecule has 0 aliphatic heterocycles. The zero-order valence-corrected chi connectivity index (χ0v) is 10.0. The summed E-state index contributed by atoms with van der Waals surface area (Å²) in [5, 5.41) is 2.25. The number of halogens is 2. The number of thiophene rings is 1. The van der Waals surface area contributed by atoms with E-state index in [2.05, 4.69) is 15.9 Å². The quantitative estimate of drug-likeness (QED) is 0.690. The van der Waals surface area contributed by atoms with Gasteiger partial charge in [0.25, 0.3) is 0 Å². The molecule has 0 aliphatic carbocycles. The van der Waals surface area contributed by atoms with Crippen LogP contribution < -0.4 is 0 Å². The Balaban J connectivity index is 2.80. The normalized spacial score (nSPS) is 11.0. The van der Waals surface area contributed by atoms with Gasteiger partial charge in [0.15, 0.2) is 0 Å². The summed E-state index contributed by atoms with van der Waals surface area (Å²) in [4.78, 5) is 1.08. The molecule has 68 valence electrons. The molecule has 0 spiro atoms. The van der Waals surface area contributed by atoms with Gasteiger partial charge in [-0.3, -0.25) is 0 Å². The zero-order chi connectivity index (χ0) is 9.42. The molecule has 0 bridgehead atoms. The van der Waals surface area contributed by atoms with Crippen LogP contribution in [0.15, 0.2) is 26.9 Å². The molecule has 0 radical (unpaired) electrons. The molecule has 13 heavy (non-hydrogen) atoms. The Morgan fingerprint density at radius 2 is 2.23 bits per heavy atom. The highest BCUT2D eigenvalue weighted by Gasteiger charge is 2.07. The molecule has 0 N–H and O–H groups in total. The standard InChI is InChI=1S/C9H6BrFS2/c1-12-5-2-6-8(11)4-13-9(6)7(10)3-5/h2-4H,1H3. The molecule has 1 aromatic heterocycles. The van der Waals surface area contributed by atoms with Crippen molar-refractivity contribution in [2.45, 2.75) is 4.90 Å². The monoisotopic (exact) mass is 276 g/mol. The maximum atomic E-state index is 13.2. The fraction of sp³-hybridized carbons (Fsp3) is 0.111. The van der Waals surface area contributed by atoms with Gasteiger partial charge in [-0.25, -0.2) is 4.39 Å². The second-order valence-electron chi connectivity index (χ2n) is 2.57. The van der Waals surface area contributed by atoms with Crippen molar-refractivity contribution in [1.29, 1.82) is 0 Å². The van der Waals surface area contributed by atoms with Crippen LogP contribution in [0.2, 0.25) is 0 Å². The summed E-state index contributed by atoms with van der Waals surface area (Å²) >= 11 is 6.48. The highest BCUT2D eigenvalue weighted by atomic mass is 79.9. The summed E-state index contributed by atoms with van der Waals surface area (Å²) in [7, 11) is 0. The Hall–Kier alpha value is -0.0600. The molecule has 0 saturated heterocycles. The Bertz CT molecular complexity index is 450. The lowest BCUT2D eigenvalue weighted by Crippen LogP contribution is -1.74. The lowest BCUT2D eigenvalue weighted by atomic mass is 10.2. The highest BCUT2D eigenvalue weighted by molar-refractivity contribution is 9.10. The van der Waals surface area contributed by atoms with Gasteiger partial charge in [0.1, 0.15) is 5.82 Å². The molecule has 4 heteroatoms. The summed E-state index contributed by atoms with van der Waals surface area (Å²) in [6.45, 7) is 0. The van der Waals surface area contributed by atoms with Crippen molar-refractivity contribution >= 4 is 49.1 Å². The largest absolute Gasteiger partial charge is 0.205 e. The molecule has 1 aromatic carbocycles. The number of fused-ring (bicyclic) bond motifs is 1. The third kappa shape index (κ3) is 1.63. The first-order valence-electron chi connectivity index (χ1n) is 3.62.